The standard InChI is InChI=1S/C26H28N2O2/c1-5-28-23-12-8-6-11-21(23)22-16-19(14-15-24(22)28)27-26(29)18(4)30-25-13-9-7-10-20(25)17(2)3/h6-18H,5H2,1-4H3,(H,27,29)/t18-/m1/s1. The normalized spacial score (nSPS) is 12.4. The van der Waals surface area contributed by atoms with E-state index in [9.17, 15) is 4.79 Å². The minimum Gasteiger partial charge on any atom is -0.481 e. The molecule has 4 rings (SSSR count). The van der Waals surface area contributed by atoms with E-state index in [2.05, 4.69) is 67.1 Å². The summed E-state index contributed by atoms with van der Waals surface area (Å²) >= 11 is 0. The van der Waals surface area contributed by atoms with Crippen LogP contribution in [0.25, 0.3) is 21.8 Å². The Morgan fingerprint density at radius 3 is 2.40 bits per heavy atom. The van der Waals surface area contributed by atoms with Crippen LogP contribution in [0.4, 0.5) is 5.69 Å². The minimum absolute atomic E-state index is 0.160. The highest BCUT2D eigenvalue weighted by molar-refractivity contribution is 6.10. The molecule has 0 saturated carbocycles. The first kappa shape index (κ1) is 20.0. The highest BCUT2D eigenvalue weighted by atomic mass is 16.5. The van der Waals surface area contributed by atoms with Crippen LogP contribution in [0.5, 0.6) is 5.75 Å². The Bertz CT molecular complexity index is 1210. The molecule has 1 amide bonds. The smallest absolute Gasteiger partial charge is 0.265 e. The number of aromatic nitrogens is 1. The van der Waals surface area contributed by atoms with E-state index in [1.54, 1.807) is 6.92 Å². The quantitative estimate of drug-likeness (QED) is 0.410. The molecule has 0 radical (unpaired) electrons. The molecule has 4 nitrogen and oxygen atoms in total. The third kappa shape index (κ3) is 3.65. The van der Waals surface area contributed by atoms with Crippen molar-refractivity contribution in [1.29, 1.82) is 0 Å². The van der Waals surface area contributed by atoms with Crippen molar-refractivity contribution in [3.05, 3.63) is 72.3 Å². The van der Waals surface area contributed by atoms with Crippen molar-refractivity contribution in [2.24, 2.45) is 0 Å². The minimum atomic E-state index is -0.599. The van der Waals surface area contributed by atoms with Crippen molar-refractivity contribution in [3.63, 3.8) is 0 Å². The molecule has 0 spiro atoms. The lowest BCUT2D eigenvalue weighted by Gasteiger charge is -2.18. The molecule has 1 aromatic heterocycles. The maximum Gasteiger partial charge on any atom is 0.265 e. The van der Waals surface area contributed by atoms with Crippen LogP contribution in [-0.2, 0) is 11.3 Å². The third-order valence-electron chi connectivity index (χ3n) is 5.57. The lowest BCUT2D eigenvalue weighted by molar-refractivity contribution is -0.122. The summed E-state index contributed by atoms with van der Waals surface area (Å²) in [7, 11) is 0. The second-order valence-corrected chi connectivity index (χ2v) is 7.94. The number of carbonyl (C=O) groups is 1. The second kappa shape index (κ2) is 8.23. The molecule has 1 atom stereocenters. The van der Waals surface area contributed by atoms with Gasteiger partial charge in [-0.15, -0.1) is 0 Å². The Morgan fingerprint density at radius 2 is 1.63 bits per heavy atom. The number of benzene rings is 3. The van der Waals surface area contributed by atoms with E-state index >= 15 is 0 Å². The van der Waals surface area contributed by atoms with Crippen LogP contribution in [0, 0.1) is 0 Å². The SMILES string of the molecule is CCn1c2ccccc2c2cc(NC(=O)[C@@H](C)Oc3ccccc3C(C)C)ccc21. The molecule has 4 aromatic rings. The van der Waals surface area contributed by atoms with Gasteiger partial charge in [-0.1, -0.05) is 50.2 Å². The molecule has 0 unspecified atom stereocenters. The second-order valence-electron chi connectivity index (χ2n) is 7.94. The van der Waals surface area contributed by atoms with Gasteiger partial charge in [0.15, 0.2) is 6.10 Å². The fourth-order valence-corrected chi connectivity index (χ4v) is 4.02. The number of ether oxygens (including phenoxy) is 1. The first-order valence-electron chi connectivity index (χ1n) is 10.6. The van der Waals surface area contributed by atoms with E-state index in [1.165, 1.54) is 16.4 Å². The molecule has 1 N–H and O–H groups in total. The number of hydrogen-bond donors (Lipinski definition) is 1. The Balaban J connectivity index is 1.58. The highest BCUT2D eigenvalue weighted by Crippen LogP contribution is 2.31. The maximum atomic E-state index is 12.8. The van der Waals surface area contributed by atoms with Crippen LogP contribution in [0.2, 0.25) is 0 Å². The number of nitrogens with zero attached hydrogens (tertiary/aromatic N) is 1. The first-order chi connectivity index (χ1) is 14.5. The summed E-state index contributed by atoms with van der Waals surface area (Å²) in [6.45, 7) is 9.07. The maximum absolute atomic E-state index is 12.8. The Hall–Kier alpha value is -3.27. The largest absolute Gasteiger partial charge is 0.481 e. The predicted octanol–water partition coefficient (Wildman–Crippen LogP) is 6.34. The van der Waals surface area contributed by atoms with Gasteiger partial charge in [-0.25, -0.2) is 0 Å². The molecule has 0 fully saturated rings. The number of rotatable bonds is 6. The van der Waals surface area contributed by atoms with Gasteiger partial charge in [0.05, 0.1) is 0 Å². The molecule has 0 aliphatic heterocycles. The Labute approximate surface area is 177 Å². The van der Waals surface area contributed by atoms with Crippen molar-refractivity contribution in [1.82, 2.24) is 4.57 Å². The molecule has 30 heavy (non-hydrogen) atoms. The topological polar surface area (TPSA) is 43.3 Å². The zero-order valence-corrected chi connectivity index (χ0v) is 18.0. The first-order valence-corrected chi connectivity index (χ1v) is 10.6. The molecule has 0 saturated heterocycles. The molecule has 4 heteroatoms. The lowest BCUT2D eigenvalue weighted by Crippen LogP contribution is -2.30. The average Bonchev–Trinajstić information content (AvgIpc) is 3.07. The van der Waals surface area contributed by atoms with Crippen molar-refractivity contribution >= 4 is 33.4 Å². The fourth-order valence-electron chi connectivity index (χ4n) is 4.02. The van der Waals surface area contributed by atoms with Crippen molar-refractivity contribution in [2.75, 3.05) is 5.32 Å². The number of anilines is 1. The van der Waals surface area contributed by atoms with E-state index in [1.807, 2.05) is 30.3 Å². The van der Waals surface area contributed by atoms with Crippen LogP contribution in [0.3, 0.4) is 0 Å². The van der Waals surface area contributed by atoms with E-state index in [-0.39, 0.29) is 5.91 Å². The van der Waals surface area contributed by atoms with Gasteiger partial charge < -0.3 is 14.6 Å². The third-order valence-corrected chi connectivity index (χ3v) is 5.57. The Kier molecular flexibility index (Phi) is 5.49. The molecule has 1 heterocycles. The summed E-state index contributed by atoms with van der Waals surface area (Å²) in [4.78, 5) is 12.8. The van der Waals surface area contributed by atoms with Crippen LogP contribution in [0.1, 0.15) is 39.2 Å². The van der Waals surface area contributed by atoms with Crippen molar-refractivity contribution in [3.8, 4) is 5.75 Å². The molecular formula is C26H28N2O2. The Morgan fingerprint density at radius 1 is 0.933 bits per heavy atom. The van der Waals surface area contributed by atoms with Gasteiger partial charge in [-0.05, 0) is 55.7 Å². The molecule has 154 valence electrons. The van der Waals surface area contributed by atoms with E-state index in [4.69, 9.17) is 4.74 Å². The number of fused-ring (bicyclic) bond motifs is 3. The highest BCUT2D eigenvalue weighted by Gasteiger charge is 2.18. The summed E-state index contributed by atoms with van der Waals surface area (Å²) in [6, 6.07) is 22.4. The van der Waals surface area contributed by atoms with Gasteiger partial charge in [-0.2, -0.15) is 0 Å². The van der Waals surface area contributed by atoms with Crippen LogP contribution in [0.15, 0.2) is 66.7 Å². The van der Waals surface area contributed by atoms with Crippen LogP contribution in [-0.4, -0.2) is 16.6 Å². The fraction of sp³-hybridized carbons (Fsp3) is 0.269. The predicted molar refractivity (Wildman–Crippen MR) is 124 cm³/mol. The van der Waals surface area contributed by atoms with Gasteiger partial charge in [0.1, 0.15) is 5.75 Å². The van der Waals surface area contributed by atoms with E-state index in [0.717, 1.165) is 28.9 Å². The van der Waals surface area contributed by atoms with Gasteiger partial charge in [-0.3, -0.25) is 4.79 Å². The van der Waals surface area contributed by atoms with Gasteiger partial charge in [0, 0.05) is 34.0 Å². The molecule has 0 aliphatic carbocycles. The average molecular weight is 401 g/mol. The zero-order valence-electron chi connectivity index (χ0n) is 18.0. The van der Waals surface area contributed by atoms with E-state index in [0.29, 0.717) is 5.92 Å². The lowest BCUT2D eigenvalue weighted by atomic mass is 10.0. The summed E-state index contributed by atoms with van der Waals surface area (Å²) < 4.78 is 8.30. The van der Waals surface area contributed by atoms with Crippen molar-refractivity contribution < 1.29 is 9.53 Å². The molecule has 0 bridgehead atoms. The van der Waals surface area contributed by atoms with Gasteiger partial charge in [0.25, 0.3) is 5.91 Å². The summed E-state index contributed by atoms with van der Waals surface area (Å²) in [5, 5.41) is 5.36. The monoisotopic (exact) mass is 400 g/mol. The van der Waals surface area contributed by atoms with Gasteiger partial charge >= 0.3 is 0 Å². The molecular weight excluding hydrogens is 372 g/mol. The number of amides is 1. The molecule has 0 aliphatic rings. The number of hydrogen-bond acceptors (Lipinski definition) is 2. The van der Waals surface area contributed by atoms with Crippen LogP contribution >= 0.6 is 0 Å². The number of para-hydroxylation sites is 2. The summed E-state index contributed by atoms with van der Waals surface area (Å²) in [6.07, 6.45) is -0.599. The summed E-state index contributed by atoms with van der Waals surface area (Å²) in [5.41, 5.74) is 4.26. The number of carbonyl (C=O) groups excluding carboxylic acids is 1. The number of nitrogens with one attached hydrogen (secondary N) is 1. The van der Waals surface area contributed by atoms with E-state index < -0.39 is 6.10 Å². The van der Waals surface area contributed by atoms with Crippen LogP contribution < -0.4 is 10.1 Å². The summed E-state index contributed by atoms with van der Waals surface area (Å²) in [5.74, 6) is 0.929. The van der Waals surface area contributed by atoms with Crippen molar-refractivity contribution in [2.45, 2.75) is 46.3 Å². The zero-order chi connectivity index (χ0) is 21.3. The number of aryl methyl sites for hydroxylation is 1. The van der Waals surface area contributed by atoms with Gasteiger partial charge in [0.2, 0.25) is 0 Å². The molecule has 3 aromatic carbocycles.